The summed E-state index contributed by atoms with van der Waals surface area (Å²) in [6.07, 6.45) is 0.325. The normalized spacial score (nSPS) is 9.68. The molecule has 0 fully saturated rings. The Kier molecular flexibility index (Phi) is 3.59. The summed E-state index contributed by atoms with van der Waals surface area (Å²) >= 11 is 0. The van der Waals surface area contributed by atoms with Crippen LogP contribution < -0.4 is 0 Å². The van der Waals surface area contributed by atoms with E-state index in [2.05, 4.69) is 6.07 Å². The molecule has 2 aromatic rings. The van der Waals surface area contributed by atoms with Crippen molar-refractivity contribution in [1.29, 1.82) is 10.5 Å². The second-order valence-electron chi connectivity index (χ2n) is 4.29. The highest BCUT2D eigenvalue weighted by Crippen LogP contribution is 2.26. The largest absolute Gasteiger partial charge is 0.206 e. The number of hydrogen-bond acceptors (Lipinski definition) is 2. The molecule has 2 aromatic carbocycles. The third-order valence-corrected chi connectivity index (χ3v) is 2.96. The van der Waals surface area contributed by atoms with Crippen LogP contribution in [0.15, 0.2) is 36.4 Å². The van der Waals surface area contributed by atoms with Gasteiger partial charge in [-0.1, -0.05) is 24.3 Å². The van der Waals surface area contributed by atoms with Gasteiger partial charge in [-0.2, -0.15) is 10.5 Å². The van der Waals surface area contributed by atoms with E-state index >= 15 is 0 Å². The highest BCUT2D eigenvalue weighted by atomic mass is 19.1. The number of rotatable bonds is 2. The molecule has 0 bridgehead atoms. The number of aryl methyl sites for hydroxylation is 1. The van der Waals surface area contributed by atoms with E-state index in [-0.39, 0.29) is 5.56 Å². The van der Waals surface area contributed by atoms with E-state index in [1.807, 2.05) is 37.3 Å². The summed E-state index contributed by atoms with van der Waals surface area (Å²) < 4.78 is 13.7. The van der Waals surface area contributed by atoms with Crippen LogP contribution in [0.5, 0.6) is 0 Å². The van der Waals surface area contributed by atoms with Gasteiger partial charge in [-0.15, -0.1) is 0 Å². The van der Waals surface area contributed by atoms with E-state index in [0.717, 1.165) is 22.3 Å². The van der Waals surface area contributed by atoms with Crippen molar-refractivity contribution < 1.29 is 4.39 Å². The van der Waals surface area contributed by atoms with Gasteiger partial charge in [0.1, 0.15) is 11.9 Å². The fourth-order valence-electron chi connectivity index (χ4n) is 2.02. The van der Waals surface area contributed by atoms with E-state index in [1.54, 1.807) is 6.07 Å². The molecule has 0 saturated heterocycles. The first-order valence-corrected chi connectivity index (χ1v) is 5.82. The Morgan fingerprint density at radius 3 is 2.63 bits per heavy atom. The molecule has 2 rings (SSSR count). The van der Waals surface area contributed by atoms with Gasteiger partial charge in [0.15, 0.2) is 0 Å². The molecular formula is C16H11FN2. The highest BCUT2D eigenvalue weighted by Gasteiger charge is 2.09. The Morgan fingerprint density at radius 1 is 1.16 bits per heavy atom. The molecule has 2 nitrogen and oxygen atoms in total. The van der Waals surface area contributed by atoms with Crippen LogP contribution in [0, 0.1) is 35.4 Å². The summed E-state index contributed by atoms with van der Waals surface area (Å²) in [5.74, 6) is -0.520. The van der Waals surface area contributed by atoms with Crippen LogP contribution in [0.3, 0.4) is 0 Å². The molecule has 0 atom stereocenters. The van der Waals surface area contributed by atoms with Gasteiger partial charge < -0.3 is 0 Å². The Bertz CT molecular complexity index is 706. The van der Waals surface area contributed by atoms with Crippen LogP contribution in [0.2, 0.25) is 0 Å². The zero-order valence-electron chi connectivity index (χ0n) is 10.4. The molecule has 0 aliphatic carbocycles. The van der Waals surface area contributed by atoms with Gasteiger partial charge >= 0.3 is 0 Å². The maximum absolute atomic E-state index is 13.7. The van der Waals surface area contributed by atoms with Crippen LogP contribution >= 0.6 is 0 Å². The monoisotopic (exact) mass is 250 g/mol. The van der Waals surface area contributed by atoms with Gasteiger partial charge in [0.25, 0.3) is 0 Å². The zero-order valence-corrected chi connectivity index (χ0v) is 10.4. The number of nitrogens with zero attached hydrogens (tertiary/aromatic N) is 2. The van der Waals surface area contributed by atoms with Crippen molar-refractivity contribution in [2.24, 2.45) is 0 Å². The summed E-state index contributed by atoms with van der Waals surface area (Å²) in [5.41, 5.74) is 3.38. The molecule has 92 valence electrons. The number of hydrogen-bond donors (Lipinski definition) is 0. The third-order valence-electron chi connectivity index (χ3n) is 2.96. The minimum Gasteiger partial charge on any atom is -0.206 e. The maximum atomic E-state index is 13.7. The molecule has 0 saturated carbocycles. The fraction of sp³-hybridized carbons (Fsp3) is 0.125. The fourth-order valence-corrected chi connectivity index (χ4v) is 2.02. The van der Waals surface area contributed by atoms with E-state index < -0.39 is 5.82 Å². The Balaban J connectivity index is 2.54. The number of halogens is 1. The molecule has 19 heavy (non-hydrogen) atoms. The lowest BCUT2D eigenvalue weighted by atomic mass is 9.96. The van der Waals surface area contributed by atoms with Gasteiger partial charge in [0.2, 0.25) is 0 Å². The number of nitriles is 2. The molecule has 0 spiro atoms. The second-order valence-corrected chi connectivity index (χ2v) is 4.29. The van der Waals surface area contributed by atoms with E-state index in [0.29, 0.717) is 6.42 Å². The molecule has 0 aliphatic rings. The predicted molar refractivity (Wildman–Crippen MR) is 70.6 cm³/mol. The van der Waals surface area contributed by atoms with Crippen LogP contribution in [0.25, 0.3) is 11.1 Å². The SMILES string of the molecule is Cc1cc(C#N)c(F)cc1-c1cccc(CC#N)c1. The average Bonchev–Trinajstić information content (AvgIpc) is 2.41. The summed E-state index contributed by atoms with van der Waals surface area (Å²) in [7, 11) is 0. The van der Waals surface area contributed by atoms with Crippen molar-refractivity contribution >= 4 is 0 Å². The Morgan fingerprint density at radius 2 is 1.95 bits per heavy atom. The summed E-state index contributed by atoms with van der Waals surface area (Å²) in [4.78, 5) is 0. The van der Waals surface area contributed by atoms with E-state index in [9.17, 15) is 4.39 Å². The smallest absolute Gasteiger partial charge is 0.141 e. The van der Waals surface area contributed by atoms with Crippen molar-refractivity contribution in [1.82, 2.24) is 0 Å². The lowest BCUT2D eigenvalue weighted by Crippen LogP contribution is -1.91. The zero-order chi connectivity index (χ0) is 13.8. The number of benzene rings is 2. The van der Waals surface area contributed by atoms with Gasteiger partial charge in [-0.05, 0) is 41.3 Å². The molecule has 0 N–H and O–H groups in total. The molecule has 0 aromatic heterocycles. The highest BCUT2D eigenvalue weighted by molar-refractivity contribution is 5.69. The Hall–Kier alpha value is -2.65. The second kappa shape index (κ2) is 5.33. The Labute approximate surface area is 111 Å². The molecule has 3 heteroatoms. The summed E-state index contributed by atoms with van der Waals surface area (Å²) in [5, 5.41) is 17.5. The topological polar surface area (TPSA) is 47.6 Å². The molecule has 0 amide bonds. The molecule has 0 unspecified atom stereocenters. The van der Waals surface area contributed by atoms with Gasteiger partial charge in [0, 0.05) is 0 Å². The minimum atomic E-state index is -0.520. The van der Waals surface area contributed by atoms with E-state index in [1.165, 1.54) is 6.07 Å². The van der Waals surface area contributed by atoms with Crippen LogP contribution in [-0.2, 0) is 6.42 Å². The van der Waals surface area contributed by atoms with Crippen LogP contribution in [0.4, 0.5) is 4.39 Å². The molecule has 0 aliphatic heterocycles. The lowest BCUT2D eigenvalue weighted by Gasteiger charge is -2.08. The van der Waals surface area contributed by atoms with Crippen LogP contribution in [-0.4, -0.2) is 0 Å². The summed E-state index contributed by atoms with van der Waals surface area (Å²) in [6, 6.07) is 14.3. The molecular weight excluding hydrogens is 239 g/mol. The predicted octanol–water partition coefficient (Wildman–Crippen LogP) is 3.74. The van der Waals surface area contributed by atoms with Gasteiger partial charge in [0.05, 0.1) is 18.1 Å². The maximum Gasteiger partial charge on any atom is 0.141 e. The summed E-state index contributed by atoms with van der Waals surface area (Å²) in [6.45, 7) is 1.84. The van der Waals surface area contributed by atoms with Crippen molar-refractivity contribution in [3.05, 3.63) is 58.9 Å². The molecule has 0 heterocycles. The standard InChI is InChI=1S/C16H11FN2/c1-11-7-14(10-19)16(17)9-15(11)13-4-2-3-12(8-13)5-6-18/h2-4,7-9H,5H2,1H3. The lowest BCUT2D eigenvalue weighted by molar-refractivity contribution is 0.624. The third kappa shape index (κ3) is 2.61. The minimum absolute atomic E-state index is 0.0504. The van der Waals surface area contributed by atoms with Gasteiger partial charge in [-0.25, -0.2) is 4.39 Å². The van der Waals surface area contributed by atoms with Crippen molar-refractivity contribution in [3.63, 3.8) is 0 Å². The van der Waals surface area contributed by atoms with Crippen molar-refractivity contribution in [3.8, 4) is 23.3 Å². The van der Waals surface area contributed by atoms with Crippen molar-refractivity contribution in [2.45, 2.75) is 13.3 Å². The average molecular weight is 250 g/mol. The van der Waals surface area contributed by atoms with Gasteiger partial charge in [-0.3, -0.25) is 0 Å². The molecule has 0 radical (unpaired) electrons. The van der Waals surface area contributed by atoms with E-state index in [4.69, 9.17) is 10.5 Å². The van der Waals surface area contributed by atoms with Crippen LogP contribution in [0.1, 0.15) is 16.7 Å². The first-order valence-electron chi connectivity index (χ1n) is 5.82. The van der Waals surface area contributed by atoms with Crippen molar-refractivity contribution in [2.75, 3.05) is 0 Å². The quantitative estimate of drug-likeness (QED) is 0.815. The first-order chi connectivity index (χ1) is 9.15. The first kappa shape index (κ1) is 12.8.